The molecule has 4 heteroatoms. The number of rotatable bonds is 5. The normalized spacial score (nSPS) is 29.6. The molecule has 0 saturated carbocycles. The van der Waals surface area contributed by atoms with Gasteiger partial charge in [-0.05, 0) is 19.9 Å². The van der Waals surface area contributed by atoms with Crippen molar-refractivity contribution in [2.45, 2.75) is 32.4 Å². The minimum atomic E-state index is 0.678. The Balaban J connectivity index is 1.70. The van der Waals surface area contributed by atoms with Gasteiger partial charge in [0.05, 0.1) is 13.2 Å². The standard InChI is InChI=1S/C13H27N3O/c1-3-14-13-4-5-16(11-13)12(2)10-15-6-8-17-9-7-15/h12-14H,3-11H2,1-2H3. The Morgan fingerprint density at radius 1 is 1.29 bits per heavy atom. The topological polar surface area (TPSA) is 27.7 Å². The van der Waals surface area contributed by atoms with Crippen LogP contribution in [0.3, 0.4) is 0 Å². The second-order valence-corrected chi connectivity index (χ2v) is 5.30. The van der Waals surface area contributed by atoms with E-state index in [2.05, 4.69) is 29.0 Å². The van der Waals surface area contributed by atoms with Crippen LogP contribution in [0.15, 0.2) is 0 Å². The maximum absolute atomic E-state index is 5.39. The maximum atomic E-state index is 5.39. The molecule has 2 atom stereocenters. The fourth-order valence-electron chi connectivity index (χ4n) is 2.92. The van der Waals surface area contributed by atoms with E-state index in [9.17, 15) is 0 Å². The Bertz CT molecular complexity index is 219. The molecule has 0 spiro atoms. The number of likely N-dealkylation sites (tertiary alicyclic amines) is 1. The van der Waals surface area contributed by atoms with E-state index in [0.717, 1.165) is 32.8 Å². The summed E-state index contributed by atoms with van der Waals surface area (Å²) in [5.41, 5.74) is 0. The Morgan fingerprint density at radius 2 is 2.06 bits per heavy atom. The number of hydrogen-bond donors (Lipinski definition) is 1. The molecule has 0 aromatic heterocycles. The van der Waals surface area contributed by atoms with Crippen LogP contribution < -0.4 is 5.32 Å². The van der Waals surface area contributed by atoms with E-state index in [1.54, 1.807) is 0 Å². The van der Waals surface area contributed by atoms with Crippen LogP contribution in [-0.4, -0.2) is 74.4 Å². The van der Waals surface area contributed by atoms with Crippen molar-refractivity contribution in [2.75, 3.05) is 52.5 Å². The van der Waals surface area contributed by atoms with Crippen LogP contribution >= 0.6 is 0 Å². The summed E-state index contributed by atoms with van der Waals surface area (Å²) in [4.78, 5) is 5.16. The second-order valence-electron chi connectivity index (χ2n) is 5.30. The average molecular weight is 241 g/mol. The number of ether oxygens (including phenoxy) is 1. The highest BCUT2D eigenvalue weighted by molar-refractivity contribution is 4.85. The molecule has 2 saturated heterocycles. The third-order valence-electron chi connectivity index (χ3n) is 3.96. The number of morpholine rings is 1. The van der Waals surface area contributed by atoms with Crippen molar-refractivity contribution in [3.05, 3.63) is 0 Å². The molecule has 2 aliphatic heterocycles. The highest BCUT2D eigenvalue weighted by Gasteiger charge is 2.26. The van der Waals surface area contributed by atoms with Gasteiger partial charge in [0.25, 0.3) is 0 Å². The van der Waals surface area contributed by atoms with E-state index in [1.807, 2.05) is 0 Å². The van der Waals surface area contributed by atoms with Gasteiger partial charge in [0.15, 0.2) is 0 Å². The van der Waals surface area contributed by atoms with E-state index in [-0.39, 0.29) is 0 Å². The first-order valence-corrected chi connectivity index (χ1v) is 7.07. The number of nitrogens with one attached hydrogen (secondary N) is 1. The van der Waals surface area contributed by atoms with E-state index < -0.39 is 0 Å². The largest absolute Gasteiger partial charge is 0.379 e. The van der Waals surface area contributed by atoms with E-state index in [4.69, 9.17) is 4.74 Å². The Morgan fingerprint density at radius 3 is 2.76 bits per heavy atom. The zero-order valence-electron chi connectivity index (χ0n) is 11.3. The molecule has 2 aliphatic rings. The summed E-state index contributed by atoms with van der Waals surface area (Å²) in [5, 5.41) is 3.56. The van der Waals surface area contributed by atoms with Crippen molar-refractivity contribution in [3.8, 4) is 0 Å². The quantitative estimate of drug-likeness (QED) is 0.754. The van der Waals surface area contributed by atoms with E-state index >= 15 is 0 Å². The summed E-state index contributed by atoms with van der Waals surface area (Å²) in [6.07, 6.45) is 1.31. The molecule has 2 heterocycles. The van der Waals surface area contributed by atoms with Gasteiger partial charge in [-0.15, -0.1) is 0 Å². The Kier molecular flexibility index (Phi) is 5.22. The van der Waals surface area contributed by atoms with Gasteiger partial charge < -0.3 is 10.1 Å². The third kappa shape index (κ3) is 3.91. The monoisotopic (exact) mass is 241 g/mol. The molecule has 0 bridgehead atoms. The lowest BCUT2D eigenvalue weighted by Crippen LogP contribution is -2.46. The first kappa shape index (κ1) is 13.3. The molecule has 0 aromatic carbocycles. The van der Waals surface area contributed by atoms with Crippen molar-refractivity contribution >= 4 is 0 Å². The maximum Gasteiger partial charge on any atom is 0.0594 e. The summed E-state index contributed by atoms with van der Waals surface area (Å²) in [6, 6.07) is 1.39. The lowest BCUT2D eigenvalue weighted by Gasteiger charge is -2.33. The van der Waals surface area contributed by atoms with Crippen molar-refractivity contribution < 1.29 is 4.74 Å². The zero-order chi connectivity index (χ0) is 12.1. The summed E-state index contributed by atoms with van der Waals surface area (Å²) in [6.45, 7) is 13.4. The molecule has 17 heavy (non-hydrogen) atoms. The molecule has 4 nitrogen and oxygen atoms in total. The molecule has 1 N–H and O–H groups in total. The van der Waals surface area contributed by atoms with Crippen molar-refractivity contribution in [3.63, 3.8) is 0 Å². The first-order chi connectivity index (χ1) is 8.29. The van der Waals surface area contributed by atoms with Crippen molar-refractivity contribution in [1.82, 2.24) is 15.1 Å². The van der Waals surface area contributed by atoms with Crippen LogP contribution in [0.4, 0.5) is 0 Å². The van der Waals surface area contributed by atoms with Crippen LogP contribution in [0.1, 0.15) is 20.3 Å². The first-order valence-electron chi connectivity index (χ1n) is 7.07. The minimum absolute atomic E-state index is 0.678. The van der Waals surface area contributed by atoms with Crippen LogP contribution in [0, 0.1) is 0 Å². The molecule has 0 amide bonds. The van der Waals surface area contributed by atoms with Gasteiger partial charge in [-0.1, -0.05) is 6.92 Å². The van der Waals surface area contributed by atoms with Crippen LogP contribution in [0.2, 0.25) is 0 Å². The van der Waals surface area contributed by atoms with Crippen LogP contribution in [-0.2, 0) is 4.74 Å². The second kappa shape index (κ2) is 6.69. The third-order valence-corrected chi connectivity index (χ3v) is 3.96. The molecule has 2 fully saturated rings. The molecule has 2 rings (SSSR count). The smallest absolute Gasteiger partial charge is 0.0594 e. The predicted molar refractivity (Wildman–Crippen MR) is 70.4 cm³/mol. The van der Waals surface area contributed by atoms with Gasteiger partial charge >= 0.3 is 0 Å². The average Bonchev–Trinajstić information content (AvgIpc) is 2.79. The number of likely N-dealkylation sites (N-methyl/N-ethyl adjacent to an activating group) is 1. The van der Waals surface area contributed by atoms with Gasteiger partial charge in [0, 0.05) is 44.8 Å². The molecule has 0 radical (unpaired) electrons. The lowest BCUT2D eigenvalue weighted by molar-refractivity contribution is 0.0265. The highest BCUT2D eigenvalue weighted by atomic mass is 16.5. The van der Waals surface area contributed by atoms with Gasteiger partial charge in [0.2, 0.25) is 0 Å². The number of hydrogen-bond acceptors (Lipinski definition) is 4. The molecular weight excluding hydrogens is 214 g/mol. The minimum Gasteiger partial charge on any atom is -0.379 e. The highest BCUT2D eigenvalue weighted by Crippen LogP contribution is 2.14. The summed E-state index contributed by atoms with van der Waals surface area (Å²) >= 11 is 0. The molecular formula is C13H27N3O. The Hall–Kier alpha value is -0.160. The van der Waals surface area contributed by atoms with Crippen LogP contribution in [0.25, 0.3) is 0 Å². The number of nitrogens with zero attached hydrogens (tertiary/aromatic N) is 2. The van der Waals surface area contributed by atoms with Gasteiger partial charge in [-0.3, -0.25) is 9.80 Å². The fourth-order valence-corrected chi connectivity index (χ4v) is 2.92. The zero-order valence-corrected chi connectivity index (χ0v) is 11.3. The van der Waals surface area contributed by atoms with Crippen molar-refractivity contribution in [1.29, 1.82) is 0 Å². The van der Waals surface area contributed by atoms with Gasteiger partial charge in [-0.2, -0.15) is 0 Å². The summed E-state index contributed by atoms with van der Waals surface area (Å²) < 4.78 is 5.39. The Labute approximate surface area is 105 Å². The SMILES string of the molecule is CCNC1CCN(C(C)CN2CCOCC2)C1. The molecule has 2 unspecified atom stereocenters. The lowest BCUT2D eigenvalue weighted by atomic mass is 10.2. The summed E-state index contributed by atoms with van der Waals surface area (Å²) in [5.74, 6) is 0. The van der Waals surface area contributed by atoms with Gasteiger partial charge in [0.1, 0.15) is 0 Å². The van der Waals surface area contributed by atoms with Gasteiger partial charge in [-0.25, -0.2) is 0 Å². The predicted octanol–water partition coefficient (Wildman–Crippen LogP) is 0.391. The molecule has 0 aromatic rings. The molecule has 0 aliphatic carbocycles. The summed E-state index contributed by atoms with van der Waals surface area (Å²) in [7, 11) is 0. The van der Waals surface area contributed by atoms with E-state index in [1.165, 1.54) is 26.1 Å². The van der Waals surface area contributed by atoms with E-state index in [0.29, 0.717) is 12.1 Å². The molecule has 100 valence electrons. The van der Waals surface area contributed by atoms with Crippen LogP contribution in [0.5, 0.6) is 0 Å². The van der Waals surface area contributed by atoms with Crippen molar-refractivity contribution in [2.24, 2.45) is 0 Å². The fraction of sp³-hybridized carbons (Fsp3) is 1.00.